The van der Waals surface area contributed by atoms with E-state index in [9.17, 15) is 4.79 Å². The fraction of sp³-hybridized carbons (Fsp3) is 0.500. The summed E-state index contributed by atoms with van der Waals surface area (Å²) in [6.45, 7) is 13.7. The molecule has 0 radical (unpaired) electrons. The Morgan fingerprint density at radius 3 is 2.33 bits per heavy atom. The highest BCUT2D eigenvalue weighted by Crippen LogP contribution is 2.32. The summed E-state index contributed by atoms with van der Waals surface area (Å²) in [5.41, 5.74) is 0.957. The van der Waals surface area contributed by atoms with Crippen molar-refractivity contribution < 1.29 is 9.53 Å². The molecule has 0 aliphatic carbocycles. The Balaban J connectivity index is 2.36. The van der Waals surface area contributed by atoms with Gasteiger partial charge in [0.15, 0.2) is 0 Å². The second kappa shape index (κ2) is 10.6. The zero-order valence-electron chi connectivity index (χ0n) is 19.4. The molecule has 0 aliphatic rings. The molecule has 0 saturated heterocycles. The maximum atomic E-state index is 13.6. The van der Waals surface area contributed by atoms with Gasteiger partial charge in [-0.15, -0.1) is 0 Å². The highest BCUT2D eigenvalue weighted by molar-refractivity contribution is 5.88. The number of carbonyl (C=O) groups is 1. The van der Waals surface area contributed by atoms with Crippen LogP contribution in [0, 0.1) is 5.92 Å². The van der Waals surface area contributed by atoms with Gasteiger partial charge in [-0.3, -0.25) is 10.1 Å². The fourth-order valence-electron chi connectivity index (χ4n) is 3.51. The molecule has 1 amide bonds. The van der Waals surface area contributed by atoms with Crippen molar-refractivity contribution in [3.8, 4) is 5.75 Å². The molecule has 1 atom stereocenters. The zero-order valence-corrected chi connectivity index (χ0v) is 19.4. The summed E-state index contributed by atoms with van der Waals surface area (Å²) in [5, 5.41) is 6.73. The maximum Gasteiger partial charge on any atom is 0.245 e. The molecule has 0 spiro atoms. The van der Waals surface area contributed by atoms with Crippen molar-refractivity contribution in [1.29, 1.82) is 0 Å². The minimum Gasteiger partial charge on any atom is -0.489 e. The molecule has 164 valence electrons. The first-order valence-corrected chi connectivity index (χ1v) is 11.0. The molecule has 2 aromatic rings. The average molecular weight is 411 g/mol. The van der Waals surface area contributed by atoms with E-state index in [4.69, 9.17) is 4.74 Å². The SMILES string of the molecule is CCNC(CCC(C)C)(C(=O)NC(C)(C)C)c1cccc(OCc2ccccc2)c1. The van der Waals surface area contributed by atoms with Crippen LogP contribution in [0.3, 0.4) is 0 Å². The van der Waals surface area contributed by atoms with E-state index in [0.29, 0.717) is 19.1 Å². The molecular formula is C26H38N2O2. The third-order valence-corrected chi connectivity index (χ3v) is 5.03. The van der Waals surface area contributed by atoms with Gasteiger partial charge in [-0.05, 0) is 69.3 Å². The average Bonchev–Trinajstić information content (AvgIpc) is 2.69. The number of ether oxygens (including phenoxy) is 1. The zero-order chi connectivity index (χ0) is 22.2. The van der Waals surface area contributed by atoms with E-state index in [1.54, 1.807) is 0 Å². The maximum absolute atomic E-state index is 13.6. The minimum atomic E-state index is -0.793. The lowest BCUT2D eigenvalue weighted by Gasteiger charge is -2.37. The van der Waals surface area contributed by atoms with Gasteiger partial charge in [-0.2, -0.15) is 0 Å². The van der Waals surface area contributed by atoms with E-state index >= 15 is 0 Å². The summed E-state index contributed by atoms with van der Waals surface area (Å²) >= 11 is 0. The number of nitrogens with one attached hydrogen (secondary N) is 2. The molecule has 0 heterocycles. The van der Waals surface area contributed by atoms with Crippen molar-refractivity contribution in [3.05, 3.63) is 65.7 Å². The molecule has 2 aromatic carbocycles. The third kappa shape index (κ3) is 6.88. The Kier molecular flexibility index (Phi) is 8.48. The summed E-state index contributed by atoms with van der Waals surface area (Å²) in [6.07, 6.45) is 1.67. The highest BCUT2D eigenvalue weighted by atomic mass is 16.5. The second-order valence-electron chi connectivity index (χ2n) is 9.37. The van der Waals surface area contributed by atoms with Crippen LogP contribution in [0.4, 0.5) is 0 Å². The first-order valence-electron chi connectivity index (χ1n) is 11.0. The molecule has 0 aliphatic heterocycles. The Bertz CT molecular complexity index is 796. The quantitative estimate of drug-likeness (QED) is 0.550. The van der Waals surface area contributed by atoms with Gasteiger partial charge in [-0.25, -0.2) is 0 Å². The number of rotatable bonds is 10. The van der Waals surface area contributed by atoms with Gasteiger partial charge in [0.05, 0.1) is 0 Å². The van der Waals surface area contributed by atoms with Crippen LogP contribution in [0.25, 0.3) is 0 Å². The monoisotopic (exact) mass is 410 g/mol. The van der Waals surface area contributed by atoms with Gasteiger partial charge in [0.1, 0.15) is 17.9 Å². The second-order valence-corrected chi connectivity index (χ2v) is 9.37. The number of benzene rings is 2. The fourth-order valence-corrected chi connectivity index (χ4v) is 3.51. The molecule has 2 N–H and O–H groups in total. The van der Waals surface area contributed by atoms with Gasteiger partial charge >= 0.3 is 0 Å². The smallest absolute Gasteiger partial charge is 0.245 e. The number of hydrogen-bond acceptors (Lipinski definition) is 3. The molecule has 30 heavy (non-hydrogen) atoms. The van der Waals surface area contributed by atoms with Gasteiger partial charge in [0, 0.05) is 5.54 Å². The van der Waals surface area contributed by atoms with Gasteiger partial charge in [0.2, 0.25) is 5.91 Å². The van der Waals surface area contributed by atoms with Gasteiger partial charge < -0.3 is 10.1 Å². The lowest BCUT2D eigenvalue weighted by molar-refractivity contribution is -0.130. The van der Waals surface area contributed by atoms with Gasteiger partial charge in [-0.1, -0.05) is 63.2 Å². The molecule has 4 heteroatoms. The molecule has 0 saturated carbocycles. The topological polar surface area (TPSA) is 50.4 Å². The van der Waals surface area contributed by atoms with E-state index in [1.807, 2.05) is 82.3 Å². The minimum absolute atomic E-state index is 0.0118. The predicted molar refractivity (Wildman–Crippen MR) is 125 cm³/mol. The van der Waals surface area contributed by atoms with Gasteiger partial charge in [0.25, 0.3) is 0 Å². The van der Waals surface area contributed by atoms with E-state index in [-0.39, 0.29) is 11.4 Å². The van der Waals surface area contributed by atoms with E-state index in [1.165, 1.54) is 0 Å². The van der Waals surface area contributed by atoms with Crippen LogP contribution < -0.4 is 15.4 Å². The predicted octanol–water partition coefficient (Wildman–Crippen LogP) is 5.42. The van der Waals surface area contributed by atoms with E-state index in [2.05, 4.69) is 24.5 Å². The molecule has 2 rings (SSSR count). The third-order valence-electron chi connectivity index (χ3n) is 5.03. The van der Waals surface area contributed by atoms with Crippen molar-refractivity contribution >= 4 is 5.91 Å². The molecule has 0 aromatic heterocycles. The van der Waals surface area contributed by atoms with Crippen LogP contribution >= 0.6 is 0 Å². The molecular weight excluding hydrogens is 372 g/mol. The summed E-state index contributed by atoms with van der Waals surface area (Å²) < 4.78 is 6.05. The first kappa shape index (κ1) is 23.9. The number of carbonyl (C=O) groups excluding carboxylic acids is 1. The Labute approximate surface area is 182 Å². The summed E-state index contributed by atoms with van der Waals surface area (Å²) in [7, 11) is 0. The van der Waals surface area contributed by atoms with Crippen LogP contribution in [-0.4, -0.2) is 18.0 Å². The molecule has 1 unspecified atom stereocenters. The number of amides is 1. The molecule has 0 fully saturated rings. The van der Waals surface area contributed by atoms with Crippen molar-refractivity contribution in [2.75, 3.05) is 6.54 Å². The normalized spacial score (nSPS) is 13.7. The van der Waals surface area contributed by atoms with Crippen LogP contribution in [0.2, 0.25) is 0 Å². The van der Waals surface area contributed by atoms with Crippen molar-refractivity contribution in [2.45, 2.75) is 72.1 Å². The van der Waals surface area contributed by atoms with E-state index in [0.717, 1.165) is 29.7 Å². The highest BCUT2D eigenvalue weighted by Gasteiger charge is 2.40. The van der Waals surface area contributed by atoms with E-state index < -0.39 is 5.54 Å². The molecule has 0 bridgehead atoms. The van der Waals surface area contributed by atoms with Crippen LogP contribution in [0.1, 0.15) is 65.5 Å². The standard InChI is InChI=1S/C26H38N2O2/c1-7-27-26(17-16-20(2)3,24(29)28-25(4,5)6)22-14-11-15-23(18-22)30-19-21-12-9-8-10-13-21/h8-15,18,20,27H,7,16-17,19H2,1-6H3,(H,28,29). The van der Waals surface area contributed by atoms with Crippen molar-refractivity contribution in [2.24, 2.45) is 5.92 Å². The Morgan fingerprint density at radius 2 is 1.73 bits per heavy atom. The van der Waals surface area contributed by atoms with Crippen LogP contribution in [-0.2, 0) is 16.9 Å². The van der Waals surface area contributed by atoms with Crippen LogP contribution in [0.5, 0.6) is 5.75 Å². The summed E-state index contributed by atoms with van der Waals surface area (Å²) in [5.74, 6) is 1.28. The molecule has 4 nitrogen and oxygen atoms in total. The number of likely N-dealkylation sites (N-methyl/N-ethyl adjacent to an activating group) is 1. The lowest BCUT2D eigenvalue weighted by atomic mass is 9.81. The number of hydrogen-bond donors (Lipinski definition) is 2. The van der Waals surface area contributed by atoms with Crippen molar-refractivity contribution in [1.82, 2.24) is 10.6 Å². The largest absolute Gasteiger partial charge is 0.489 e. The first-order chi connectivity index (χ1) is 14.2. The summed E-state index contributed by atoms with van der Waals surface area (Å²) in [4.78, 5) is 13.6. The lowest BCUT2D eigenvalue weighted by Crippen LogP contribution is -2.58. The Morgan fingerprint density at radius 1 is 1.03 bits per heavy atom. The Hall–Kier alpha value is -2.33. The van der Waals surface area contributed by atoms with Crippen molar-refractivity contribution in [3.63, 3.8) is 0 Å². The summed E-state index contributed by atoms with van der Waals surface area (Å²) in [6, 6.07) is 18.1. The van der Waals surface area contributed by atoms with Crippen LogP contribution in [0.15, 0.2) is 54.6 Å².